The van der Waals surface area contributed by atoms with Crippen LogP contribution in [-0.2, 0) is 13.0 Å². The molecule has 0 saturated heterocycles. The molecule has 3 heterocycles. The Labute approximate surface area is 204 Å². The largest absolute Gasteiger partial charge is 0.345 e. The van der Waals surface area contributed by atoms with Crippen LogP contribution in [-0.4, -0.2) is 19.2 Å². The van der Waals surface area contributed by atoms with Crippen molar-refractivity contribution in [2.24, 2.45) is 0 Å². The third-order valence-corrected chi connectivity index (χ3v) is 6.90. The lowest BCUT2D eigenvalue weighted by Crippen LogP contribution is -2.14. The minimum Gasteiger partial charge on any atom is -0.345 e. The third kappa shape index (κ3) is 3.53. The molecule has 5 aromatic rings. The fourth-order valence-electron chi connectivity index (χ4n) is 4.99. The number of aryl methyl sites for hydroxylation is 3. The molecule has 0 fully saturated rings. The maximum Gasteiger partial charge on any atom is 0.162 e. The highest BCUT2D eigenvalue weighted by Crippen LogP contribution is 2.38. The van der Waals surface area contributed by atoms with Gasteiger partial charge in [-0.25, -0.2) is 4.52 Å². The van der Waals surface area contributed by atoms with E-state index in [0.717, 1.165) is 48.6 Å². The monoisotopic (exact) mass is 462 g/mol. The average molecular weight is 463 g/mol. The van der Waals surface area contributed by atoms with Gasteiger partial charge in [-0.2, -0.15) is 0 Å². The number of benzene rings is 3. The molecule has 1 aliphatic rings. The van der Waals surface area contributed by atoms with Gasteiger partial charge in [0.15, 0.2) is 5.82 Å². The first-order chi connectivity index (χ1) is 16.7. The fourth-order valence-corrected chi connectivity index (χ4v) is 5.30. The van der Waals surface area contributed by atoms with Crippen molar-refractivity contribution in [3.63, 3.8) is 0 Å². The Hall–Kier alpha value is -3.70. The highest BCUT2D eigenvalue weighted by molar-refractivity contribution is 7.81. The highest BCUT2D eigenvalue weighted by Gasteiger charge is 2.29. The number of aromatic nitrogens is 3. The summed E-state index contributed by atoms with van der Waals surface area (Å²) in [6.45, 7) is 3.07. The molecule has 0 amide bonds. The van der Waals surface area contributed by atoms with E-state index >= 15 is 0 Å². The maximum atomic E-state index is 6.04. The van der Waals surface area contributed by atoms with Crippen LogP contribution in [0.3, 0.4) is 0 Å². The minimum atomic E-state index is 0.687. The first-order valence-electron chi connectivity index (χ1n) is 11.8. The van der Waals surface area contributed by atoms with Crippen molar-refractivity contribution in [3.8, 4) is 22.5 Å². The van der Waals surface area contributed by atoms with Crippen molar-refractivity contribution in [1.29, 1.82) is 0 Å². The van der Waals surface area contributed by atoms with Gasteiger partial charge >= 0.3 is 0 Å². The molecular weight excluding hydrogens is 436 g/mol. The number of hydrogen-bond donors (Lipinski definition) is 1. The van der Waals surface area contributed by atoms with E-state index in [0.29, 0.717) is 4.99 Å². The zero-order chi connectivity index (χ0) is 23.1. The predicted molar refractivity (Wildman–Crippen MR) is 143 cm³/mol. The fraction of sp³-hybridized carbons (Fsp3) is 0.172. The summed E-state index contributed by atoms with van der Waals surface area (Å²) >= 11 is 6.04. The van der Waals surface area contributed by atoms with Crippen LogP contribution in [0.15, 0.2) is 84.9 Å². The van der Waals surface area contributed by atoms with Gasteiger partial charge in [0.1, 0.15) is 16.3 Å². The summed E-state index contributed by atoms with van der Waals surface area (Å²) in [5, 5.41) is 8.66. The standard InChI is InChI=1S/C29H26N4S/c1-20-15-17-22(18-16-20)27-31-33-26(28(34)30-23-12-6-3-7-13-23)25(21-10-4-2-5-11-21)24-14-8-9-19-32(27)29(24)33/h2-7,10-13,15-18H,8-9,14,19H2,1H3,(H,30,34). The van der Waals surface area contributed by atoms with Crippen LogP contribution in [0.4, 0.5) is 5.69 Å². The zero-order valence-corrected chi connectivity index (χ0v) is 20.0. The summed E-state index contributed by atoms with van der Waals surface area (Å²) in [6, 6.07) is 29.4. The number of rotatable bonds is 4. The molecule has 0 bridgehead atoms. The lowest BCUT2D eigenvalue weighted by molar-refractivity contribution is 0.645. The van der Waals surface area contributed by atoms with Gasteiger partial charge in [-0.1, -0.05) is 90.6 Å². The lowest BCUT2D eigenvalue weighted by Gasteiger charge is -2.11. The van der Waals surface area contributed by atoms with E-state index in [1.807, 2.05) is 30.3 Å². The van der Waals surface area contributed by atoms with Crippen molar-refractivity contribution in [2.45, 2.75) is 32.7 Å². The summed E-state index contributed by atoms with van der Waals surface area (Å²) in [6.07, 6.45) is 3.30. The summed E-state index contributed by atoms with van der Waals surface area (Å²) in [7, 11) is 0. The molecule has 0 saturated carbocycles. The Balaban J connectivity index is 1.62. The quantitative estimate of drug-likeness (QED) is 0.295. The van der Waals surface area contributed by atoms with Crippen LogP contribution in [0.25, 0.3) is 28.2 Å². The number of anilines is 1. The molecule has 6 rings (SSSR count). The zero-order valence-electron chi connectivity index (χ0n) is 19.2. The van der Waals surface area contributed by atoms with E-state index in [-0.39, 0.29) is 0 Å². The Morgan fingerprint density at radius 1 is 0.853 bits per heavy atom. The molecule has 0 radical (unpaired) electrons. The summed E-state index contributed by atoms with van der Waals surface area (Å²) < 4.78 is 4.49. The number of nitrogens with one attached hydrogen (secondary N) is 1. The molecule has 0 unspecified atom stereocenters. The topological polar surface area (TPSA) is 34.3 Å². The molecule has 0 spiro atoms. The van der Waals surface area contributed by atoms with Crippen LogP contribution in [0.1, 0.15) is 29.7 Å². The van der Waals surface area contributed by atoms with Crippen molar-refractivity contribution < 1.29 is 0 Å². The van der Waals surface area contributed by atoms with E-state index in [4.69, 9.17) is 17.3 Å². The number of thiocarbonyl (C=S) groups is 1. The highest BCUT2D eigenvalue weighted by atomic mass is 32.1. The van der Waals surface area contributed by atoms with Gasteiger partial charge in [0, 0.05) is 28.9 Å². The predicted octanol–water partition coefficient (Wildman–Crippen LogP) is 6.90. The molecule has 168 valence electrons. The Bertz CT molecular complexity index is 1480. The first kappa shape index (κ1) is 20.9. The second-order valence-corrected chi connectivity index (χ2v) is 9.33. The number of hydrogen-bond acceptors (Lipinski definition) is 2. The average Bonchev–Trinajstić information content (AvgIpc) is 3.28. The van der Waals surface area contributed by atoms with Gasteiger partial charge in [0.05, 0.1) is 0 Å². The molecule has 0 atom stereocenters. The van der Waals surface area contributed by atoms with Gasteiger partial charge < -0.3 is 9.88 Å². The van der Waals surface area contributed by atoms with Crippen molar-refractivity contribution in [2.75, 3.05) is 5.32 Å². The van der Waals surface area contributed by atoms with E-state index in [9.17, 15) is 0 Å². The van der Waals surface area contributed by atoms with Crippen LogP contribution >= 0.6 is 12.2 Å². The second kappa shape index (κ2) is 8.58. The molecule has 1 aliphatic heterocycles. The van der Waals surface area contributed by atoms with Crippen molar-refractivity contribution in [1.82, 2.24) is 14.2 Å². The van der Waals surface area contributed by atoms with Gasteiger partial charge in [-0.15, -0.1) is 5.10 Å². The molecule has 0 aliphatic carbocycles. The summed E-state index contributed by atoms with van der Waals surface area (Å²) in [5.74, 6) is 1.00. The molecule has 4 nitrogen and oxygen atoms in total. The smallest absolute Gasteiger partial charge is 0.162 e. The Morgan fingerprint density at radius 3 is 2.29 bits per heavy atom. The third-order valence-electron chi connectivity index (χ3n) is 6.60. The van der Waals surface area contributed by atoms with Crippen LogP contribution < -0.4 is 5.32 Å². The van der Waals surface area contributed by atoms with Gasteiger partial charge in [0.25, 0.3) is 0 Å². The Morgan fingerprint density at radius 2 is 1.56 bits per heavy atom. The van der Waals surface area contributed by atoms with Crippen molar-refractivity contribution >= 4 is 28.5 Å². The van der Waals surface area contributed by atoms with Crippen LogP contribution in [0.5, 0.6) is 0 Å². The maximum absolute atomic E-state index is 6.04. The minimum absolute atomic E-state index is 0.687. The summed E-state index contributed by atoms with van der Waals surface area (Å²) in [4.78, 5) is 0.687. The Kier molecular flexibility index (Phi) is 5.27. The van der Waals surface area contributed by atoms with Gasteiger partial charge in [-0.3, -0.25) is 0 Å². The normalized spacial score (nSPS) is 13.1. The van der Waals surface area contributed by atoms with E-state index < -0.39 is 0 Å². The van der Waals surface area contributed by atoms with E-state index in [1.54, 1.807) is 0 Å². The molecule has 2 aromatic heterocycles. The van der Waals surface area contributed by atoms with Crippen LogP contribution in [0.2, 0.25) is 0 Å². The van der Waals surface area contributed by atoms with Crippen LogP contribution in [0, 0.1) is 6.92 Å². The van der Waals surface area contributed by atoms with E-state index in [2.05, 4.69) is 75.9 Å². The molecule has 1 N–H and O–H groups in total. The van der Waals surface area contributed by atoms with Crippen molar-refractivity contribution in [3.05, 3.63) is 102 Å². The molecule has 34 heavy (non-hydrogen) atoms. The molecule has 3 aromatic carbocycles. The lowest BCUT2D eigenvalue weighted by atomic mass is 9.98. The number of para-hydroxylation sites is 1. The van der Waals surface area contributed by atoms with Gasteiger partial charge in [0.2, 0.25) is 0 Å². The number of nitrogens with zero attached hydrogens (tertiary/aromatic N) is 3. The van der Waals surface area contributed by atoms with E-state index in [1.165, 1.54) is 27.9 Å². The second-order valence-electron chi connectivity index (χ2n) is 8.92. The van der Waals surface area contributed by atoms with Gasteiger partial charge in [-0.05, 0) is 43.9 Å². The SMILES string of the molecule is Cc1ccc(-c2nn3c(C(=S)Nc4ccccc4)c(-c4ccccc4)c4c3n2CCCC4)cc1. The molecule has 5 heteroatoms. The molecular formula is C29H26N4S. The first-order valence-corrected chi connectivity index (χ1v) is 12.2. The summed E-state index contributed by atoms with van der Waals surface area (Å²) in [5.41, 5.74) is 9.21.